The van der Waals surface area contributed by atoms with Gasteiger partial charge in [0.05, 0.1) is 5.69 Å². The highest BCUT2D eigenvalue weighted by atomic mass is 32.2. The van der Waals surface area contributed by atoms with Gasteiger partial charge in [-0.25, -0.2) is 13.4 Å². The highest BCUT2D eigenvalue weighted by Crippen LogP contribution is 2.52. The van der Waals surface area contributed by atoms with Crippen LogP contribution in [0.5, 0.6) is 11.5 Å². The Balaban J connectivity index is 1.64. The van der Waals surface area contributed by atoms with Gasteiger partial charge >= 0.3 is 0 Å². The van der Waals surface area contributed by atoms with Crippen LogP contribution in [-0.2, 0) is 23.5 Å². The van der Waals surface area contributed by atoms with Gasteiger partial charge in [0.15, 0.2) is 27.0 Å². The number of sulfonamides is 1. The fourth-order valence-corrected chi connectivity index (χ4v) is 7.13. The number of hydrogen-bond acceptors (Lipinski definition) is 9. The highest BCUT2D eigenvalue weighted by molar-refractivity contribution is 7.91. The summed E-state index contributed by atoms with van der Waals surface area (Å²) in [5.41, 5.74) is 1.28. The summed E-state index contributed by atoms with van der Waals surface area (Å²) in [5.74, 6) is 0.734. The lowest BCUT2D eigenvalue weighted by molar-refractivity contribution is 0.172. The molecule has 1 saturated heterocycles. The second kappa shape index (κ2) is 7.83. The maximum Gasteiger partial charge on any atom is 0.277 e. The molecule has 0 unspecified atom stereocenters. The van der Waals surface area contributed by atoms with E-state index in [2.05, 4.69) is 20.0 Å². The first kappa shape index (κ1) is 21.4. The summed E-state index contributed by atoms with van der Waals surface area (Å²) in [6, 6.07) is 0. The summed E-state index contributed by atoms with van der Waals surface area (Å²) < 4.78 is 41.0. The molecule has 3 aromatic rings. The van der Waals surface area contributed by atoms with Crippen LogP contribution in [0.4, 0.5) is 0 Å². The topological polar surface area (TPSA) is 123 Å². The van der Waals surface area contributed by atoms with E-state index in [1.807, 2.05) is 14.0 Å². The zero-order chi connectivity index (χ0) is 22.6. The molecule has 0 aliphatic carbocycles. The number of fused-ring (bicyclic) bond motifs is 2. The quantitative estimate of drug-likeness (QED) is 0.574. The maximum absolute atomic E-state index is 13.4. The largest absolute Gasteiger partial charge is 0.452 e. The van der Waals surface area contributed by atoms with Crippen LogP contribution in [0.2, 0.25) is 0 Å². The van der Waals surface area contributed by atoms with Gasteiger partial charge in [-0.2, -0.15) is 9.40 Å². The van der Waals surface area contributed by atoms with Gasteiger partial charge in [-0.15, -0.1) is 11.3 Å². The van der Waals surface area contributed by atoms with Crippen molar-refractivity contribution in [3.8, 4) is 22.2 Å². The Morgan fingerprint density at radius 2 is 1.84 bits per heavy atom. The van der Waals surface area contributed by atoms with E-state index in [1.54, 1.807) is 7.05 Å². The number of rotatable bonds is 5. The minimum atomic E-state index is -3.78. The van der Waals surface area contributed by atoms with Crippen LogP contribution in [-0.4, -0.2) is 77.4 Å². The molecule has 2 aliphatic rings. The predicted octanol–water partition coefficient (Wildman–Crippen LogP) is 1.00. The van der Waals surface area contributed by atoms with Crippen molar-refractivity contribution in [1.82, 2.24) is 29.0 Å². The molecular formula is C19H24N6O5S2. The lowest BCUT2D eigenvalue weighted by Crippen LogP contribution is -2.46. The molecule has 5 heterocycles. The molecule has 0 spiro atoms. The highest BCUT2D eigenvalue weighted by Gasteiger charge is 2.38. The molecule has 0 atom stereocenters. The lowest BCUT2D eigenvalue weighted by Gasteiger charge is -2.31. The fraction of sp³-hybridized carbons (Fsp3) is 0.526. The number of aromatic nitrogens is 4. The van der Waals surface area contributed by atoms with Crippen molar-refractivity contribution < 1.29 is 17.9 Å². The summed E-state index contributed by atoms with van der Waals surface area (Å²) in [6.07, 6.45) is 1.53. The summed E-state index contributed by atoms with van der Waals surface area (Å²) >= 11 is 1.01. The zero-order valence-electron chi connectivity index (χ0n) is 18.0. The van der Waals surface area contributed by atoms with Crippen molar-refractivity contribution in [3.05, 3.63) is 16.0 Å². The van der Waals surface area contributed by atoms with Crippen LogP contribution in [0.3, 0.4) is 0 Å². The second-order valence-corrected chi connectivity index (χ2v) is 11.1. The molecule has 1 fully saturated rings. The number of ether oxygens (including phenoxy) is 2. The average Bonchev–Trinajstić information content (AvgIpc) is 3.43. The van der Waals surface area contributed by atoms with Gasteiger partial charge in [0.1, 0.15) is 10.4 Å². The number of aryl methyl sites for hydroxylation is 2. The summed E-state index contributed by atoms with van der Waals surface area (Å²) in [6.45, 7) is 4.06. The summed E-state index contributed by atoms with van der Waals surface area (Å²) in [4.78, 5) is 22.8. The maximum atomic E-state index is 13.4. The van der Waals surface area contributed by atoms with Crippen LogP contribution in [0.15, 0.2) is 9.00 Å². The average molecular weight is 481 g/mol. The normalized spacial score (nSPS) is 17.5. The van der Waals surface area contributed by atoms with Crippen molar-refractivity contribution in [1.29, 1.82) is 0 Å². The van der Waals surface area contributed by atoms with Gasteiger partial charge in [-0.1, -0.05) is 13.3 Å². The number of piperazine rings is 1. The van der Waals surface area contributed by atoms with Crippen LogP contribution in [0.1, 0.15) is 19.0 Å². The predicted molar refractivity (Wildman–Crippen MR) is 119 cm³/mol. The van der Waals surface area contributed by atoms with E-state index in [0.29, 0.717) is 54.3 Å². The SMILES string of the molecule is CCCc1nn(C)c2c(=O)[nH]c(-c3sc(S(=O)(=O)N4CCN(C)CC4)c4c3OCO4)nc12. The number of nitrogens with one attached hydrogen (secondary N) is 1. The van der Waals surface area contributed by atoms with Crippen molar-refractivity contribution in [2.24, 2.45) is 7.05 Å². The van der Waals surface area contributed by atoms with E-state index in [-0.39, 0.29) is 28.1 Å². The van der Waals surface area contributed by atoms with Crippen molar-refractivity contribution in [3.63, 3.8) is 0 Å². The molecule has 0 radical (unpaired) electrons. The molecule has 13 heteroatoms. The molecule has 1 N–H and O–H groups in total. The number of hydrogen-bond donors (Lipinski definition) is 1. The van der Waals surface area contributed by atoms with Gasteiger partial charge in [0.25, 0.3) is 15.6 Å². The summed E-state index contributed by atoms with van der Waals surface area (Å²) in [7, 11) is -0.109. The van der Waals surface area contributed by atoms with Gasteiger partial charge in [-0.05, 0) is 13.5 Å². The molecular weight excluding hydrogens is 456 g/mol. The van der Waals surface area contributed by atoms with Crippen molar-refractivity contribution >= 4 is 32.4 Å². The molecule has 2 aliphatic heterocycles. The fourth-order valence-electron chi connectivity index (χ4n) is 4.02. The van der Waals surface area contributed by atoms with E-state index < -0.39 is 10.0 Å². The van der Waals surface area contributed by atoms with E-state index in [9.17, 15) is 13.2 Å². The van der Waals surface area contributed by atoms with Crippen LogP contribution in [0.25, 0.3) is 21.7 Å². The first-order chi connectivity index (χ1) is 15.3. The summed E-state index contributed by atoms with van der Waals surface area (Å²) in [5, 5.41) is 4.43. The van der Waals surface area contributed by atoms with Gasteiger partial charge in [-0.3, -0.25) is 9.48 Å². The third-order valence-electron chi connectivity index (χ3n) is 5.70. The number of H-pyrrole nitrogens is 1. The molecule has 32 heavy (non-hydrogen) atoms. The monoisotopic (exact) mass is 480 g/mol. The molecule has 0 saturated carbocycles. The van der Waals surface area contributed by atoms with E-state index in [4.69, 9.17) is 9.47 Å². The van der Waals surface area contributed by atoms with E-state index in [0.717, 1.165) is 23.5 Å². The lowest BCUT2D eigenvalue weighted by atomic mass is 10.2. The van der Waals surface area contributed by atoms with Gasteiger partial charge in [0.2, 0.25) is 6.79 Å². The van der Waals surface area contributed by atoms with Gasteiger partial charge < -0.3 is 19.4 Å². The number of nitrogens with zero attached hydrogens (tertiary/aromatic N) is 5. The first-order valence-electron chi connectivity index (χ1n) is 10.4. The zero-order valence-corrected chi connectivity index (χ0v) is 19.7. The minimum Gasteiger partial charge on any atom is -0.452 e. The van der Waals surface area contributed by atoms with E-state index in [1.165, 1.54) is 8.99 Å². The smallest absolute Gasteiger partial charge is 0.277 e. The second-order valence-electron chi connectivity index (χ2n) is 7.92. The molecule has 172 valence electrons. The Labute approximate surface area is 188 Å². The molecule has 0 aromatic carbocycles. The number of aromatic amines is 1. The first-order valence-corrected chi connectivity index (χ1v) is 12.6. The van der Waals surface area contributed by atoms with Gasteiger partial charge in [0, 0.05) is 33.2 Å². The Bertz CT molecular complexity index is 1350. The molecule has 0 bridgehead atoms. The van der Waals surface area contributed by atoms with Crippen LogP contribution >= 0.6 is 11.3 Å². The molecule has 5 rings (SSSR count). The Kier molecular flexibility index (Phi) is 5.23. The Hall–Kier alpha value is -2.48. The third kappa shape index (κ3) is 3.31. The molecule has 11 nitrogen and oxygen atoms in total. The minimum absolute atomic E-state index is 0.0762. The van der Waals surface area contributed by atoms with Crippen molar-refractivity contribution in [2.75, 3.05) is 40.0 Å². The third-order valence-corrected chi connectivity index (χ3v) is 9.23. The molecule has 0 amide bonds. The van der Waals surface area contributed by atoms with Crippen LogP contribution in [0, 0.1) is 0 Å². The molecule has 3 aromatic heterocycles. The van der Waals surface area contributed by atoms with Crippen LogP contribution < -0.4 is 15.0 Å². The van der Waals surface area contributed by atoms with Crippen molar-refractivity contribution in [2.45, 2.75) is 24.0 Å². The Morgan fingerprint density at radius 3 is 2.56 bits per heavy atom. The number of thiophene rings is 1. The number of likely N-dealkylation sites (N-methyl/N-ethyl adjacent to an activating group) is 1. The standard InChI is InChI=1S/C19H24N6O5S2/c1-4-5-11-12-13(24(3)22-11)18(26)21-17(20-12)16-14-15(30-10-29-14)19(31-16)32(27,28)25-8-6-23(2)7-9-25/h4-10H2,1-3H3,(H,20,21,26). The Morgan fingerprint density at radius 1 is 1.12 bits per heavy atom. The van der Waals surface area contributed by atoms with E-state index >= 15 is 0 Å².